The van der Waals surface area contributed by atoms with Crippen molar-refractivity contribution in [3.05, 3.63) is 83.7 Å². The quantitative estimate of drug-likeness (QED) is 0.187. The fraction of sp³-hybridized carbons (Fsp3) is 0.214. The van der Waals surface area contributed by atoms with E-state index in [0.717, 1.165) is 20.3 Å². The van der Waals surface area contributed by atoms with Gasteiger partial charge in [-0.2, -0.15) is 0 Å². The summed E-state index contributed by atoms with van der Waals surface area (Å²) in [6.45, 7) is 8.75. The highest BCUT2D eigenvalue weighted by Gasteiger charge is 2.35. The van der Waals surface area contributed by atoms with Crippen molar-refractivity contribution in [2.75, 3.05) is 18.1 Å². The summed E-state index contributed by atoms with van der Waals surface area (Å²) in [6.07, 6.45) is 1.85. The van der Waals surface area contributed by atoms with Crippen molar-refractivity contribution in [3.63, 3.8) is 0 Å². The summed E-state index contributed by atoms with van der Waals surface area (Å²) in [5.74, 6) is 1.15. The van der Waals surface area contributed by atoms with Gasteiger partial charge in [-0.05, 0) is 121 Å². The van der Waals surface area contributed by atoms with Gasteiger partial charge in [-0.25, -0.2) is 4.99 Å². The summed E-state index contributed by atoms with van der Waals surface area (Å²) in [4.78, 5) is 20.6. The summed E-state index contributed by atoms with van der Waals surface area (Å²) in [6, 6.07) is 15.0. The van der Waals surface area contributed by atoms with E-state index in [1.165, 1.54) is 11.8 Å². The molecule has 1 aliphatic rings. The molecule has 1 heterocycles. The first-order chi connectivity index (χ1) is 17.7. The minimum atomic E-state index is -0.191. The maximum Gasteiger partial charge on any atom is 0.271 e. The molecule has 0 bridgehead atoms. The van der Waals surface area contributed by atoms with Crippen molar-refractivity contribution < 1.29 is 14.3 Å². The monoisotopic (exact) mass is 666 g/mol. The van der Waals surface area contributed by atoms with Crippen molar-refractivity contribution in [1.29, 1.82) is 0 Å². The minimum absolute atomic E-state index is 0.191. The van der Waals surface area contributed by atoms with Crippen LogP contribution in [0, 0.1) is 17.4 Å². The Morgan fingerprint density at radius 3 is 2.30 bits per heavy atom. The zero-order chi connectivity index (χ0) is 26.7. The van der Waals surface area contributed by atoms with E-state index >= 15 is 0 Å². The third-order valence-electron chi connectivity index (χ3n) is 5.52. The van der Waals surface area contributed by atoms with Crippen LogP contribution in [0.25, 0.3) is 6.08 Å². The number of aryl methyl sites for hydroxylation is 2. The fourth-order valence-corrected chi connectivity index (χ4v) is 5.76. The predicted octanol–water partition coefficient (Wildman–Crippen LogP) is 8.82. The van der Waals surface area contributed by atoms with E-state index in [2.05, 4.69) is 22.6 Å². The smallest absolute Gasteiger partial charge is 0.271 e. The van der Waals surface area contributed by atoms with E-state index in [1.807, 2.05) is 70.2 Å². The molecule has 3 aromatic rings. The second-order valence-corrected chi connectivity index (χ2v) is 11.2. The summed E-state index contributed by atoms with van der Waals surface area (Å²) in [5.41, 5.74) is 4.01. The molecule has 0 spiro atoms. The number of hydrogen-bond acceptors (Lipinski definition) is 5. The Kier molecular flexibility index (Phi) is 9.11. The van der Waals surface area contributed by atoms with Crippen molar-refractivity contribution >= 4 is 86.1 Å². The Morgan fingerprint density at radius 2 is 1.65 bits per heavy atom. The van der Waals surface area contributed by atoms with Gasteiger partial charge in [0.2, 0.25) is 0 Å². The van der Waals surface area contributed by atoms with Crippen molar-refractivity contribution in [2.24, 2.45) is 4.99 Å². The molecule has 0 radical (unpaired) electrons. The second-order valence-electron chi connectivity index (χ2n) is 8.21. The van der Waals surface area contributed by atoms with Gasteiger partial charge in [0.25, 0.3) is 5.91 Å². The van der Waals surface area contributed by atoms with Crippen molar-refractivity contribution in [3.8, 4) is 11.5 Å². The Bertz CT molecular complexity index is 1420. The normalized spacial score (nSPS) is 15.6. The average molecular weight is 667 g/mol. The molecule has 0 atom stereocenters. The Morgan fingerprint density at radius 1 is 0.973 bits per heavy atom. The van der Waals surface area contributed by atoms with E-state index in [0.29, 0.717) is 56.2 Å². The molecule has 0 saturated carbocycles. The molecule has 1 aliphatic heterocycles. The van der Waals surface area contributed by atoms with Crippen LogP contribution in [0.4, 0.5) is 11.4 Å². The number of carbonyl (C=O) groups excluding carboxylic acids is 1. The molecule has 1 fully saturated rings. The molecule has 3 aromatic carbocycles. The first-order valence-electron chi connectivity index (χ1n) is 11.7. The molecule has 1 saturated heterocycles. The molecular weight excluding hydrogens is 642 g/mol. The van der Waals surface area contributed by atoms with Crippen LogP contribution in [-0.2, 0) is 4.79 Å². The highest BCUT2D eigenvalue weighted by Crippen LogP contribution is 2.40. The third-order valence-corrected chi connectivity index (χ3v) is 8.10. The number of benzene rings is 3. The van der Waals surface area contributed by atoms with Crippen LogP contribution in [0.3, 0.4) is 0 Å². The number of halogens is 3. The van der Waals surface area contributed by atoms with Gasteiger partial charge in [0.05, 0.1) is 33.1 Å². The van der Waals surface area contributed by atoms with E-state index in [4.69, 9.17) is 37.7 Å². The van der Waals surface area contributed by atoms with Gasteiger partial charge in [-0.1, -0.05) is 35.3 Å². The van der Waals surface area contributed by atoms with Crippen molar-refractivity contribution in [2.45, 2.75) is 27.7 Å². The molecule has 9 heteroatoms. The molecule has 5 nitrogen and oxygen atoms in total. The topological polar surface area (TPSA) is 51.1 Å². The highest BCUT2D eigenvalue weighted by atomic mass is 127. The van der Waals surface area contributed by atoms with E-state index in [1.54, 1.807) is 17.0 Å². The second kappa shape index (κ2) is 12.1. The Hall–Kier alpha value is -2.20. The molecular formula is C28H25Cl2IN2O3S. The molecule has 192 valence electrons. The van der Waals surface area contributed by atoms with Gasteiger partial charge in [0.1, 0.15) is 0 Å². The summed E-state index contributed by atoms with van der Waals surface area (Å²) < 4.78 is 12.5. The van der Waals surface area contributed by atoms with Crippen LogP contribution in [0.1, 0.15) is 30.5 Å². The van der Waals surface area contributed by atoms with Crippen LogP contribution in [-0.4, -0.2) is 24.3 Å². The van der Waals surface area contributed by atoms with E-state index in [-0.39, 0.29) is 5.91 Å². The zero-order valence-corrected chi connectivity index (χ0v) is 25.3. The SMILES string of the molecule is CCOc1cc(/C=C2/SC(=Nc3ccc(C)c(Cl)c3)N(c3ccc(C)c(Cl)c3)C2=O)cc(I)c1OCC. The lowest BCUT2D eigenvalue weighted by atomic mass is 10.1. The first kappa shape index (κ1) is 27.8. The number of hydrogen-bond donors (Lipinski definition) is 0. The third kappa shape index (κ3) is 6.28. The van der Waals surface area contributed by atoms with Crippen LogP contribution in [0.15, 0.2) is 58.4 Å². The van der Waals surface area contributed by atoms with E-state index < -0.39 is 0 Å². The van der Waals surface area contributed by atoms with Gasteiger partial charge >= 0.3 is 0 Å². The van der Waals surface area contributed by atoms with Crippen LogP contribution in [0.5, 0.6) is 11.5 Å². The predicted molar refractivity (Wildman–Crippen MR) is 164 cm³/mol. The number of ether oxygens (including phenoxy) is 2. The van der Waals surface area contributed by atoms with Gasteiger partial charge < -0.3 is 9.47 Å². The number of amidine groups is 1. The summed E-state index contributed by atoms with van der Waals surface area (Å²) in [7, 11) is 0. The van der Waals surface area contributed by atoms with E-state index in [9.17, 15) is 4.79 Å². The summed E-state index contributed by atoms with van der Waals surface area (Å²) >= 11 is 16.3. The molecule has 4 rings (SSSR count). The lowest BCUT2D eigenvalue weighted by molar-refractivity contribution is -0.113. The molecule has 37 heavy (non-hydrogen) atoms. The Balaban J connectivity index is 1.80. The first-order valence-corrected chi connectivity index (χ1v) is 14.3. The minimum Gasteiger partial charge on any atom is -0.490 e. The van der Waals surface area contributed by atoms with Crippen molar-refractivity contribution in [1.82, 2.24) is 0 Å². The van der Waals surface area contributed by atoms with Crippen LogP contribution < -0.4 is 14.4 Å². The lowest BCUT2D eigenvalue weighted by Crippen LogP contribution is -2.28. The number of nitrogens with zero attached hydrogens (tertiary/aromatic N) is 2. The summed E-state index contributed by atoms with van der Waals surface area (Å²) in [5, 5.41) is 1.71. The average Bonchev–Trinajstić information content (AvgIpc) is 3.15. The van der Waals surface area contributed by atoms with Crippen LogP contribution in [0.2, 0.25) is 10.0 Å². The number of amides is 1. The maximum absolute atomic E-state index is 13.7. The maximum atomic E-state index is 13.7. The fourth-order valence-electron chi connectivity index (χ4n) is 3.63. The molecule has 0 unspecified atom stereocenters. The number of carbonyl (C=O) groups is 1. The molecule has 0 aromatic heterocycles. The zero-order valence-electron chi connectivity index (χ0n) is 20.8. The number of aliphatic imine (C=N–C) groups is 1. The van der Waals surface area contributed by atoms with Gasteiger partial charge in [-0.15, -0.1) is 0 Å². The number of anilines is 1. The lowest BCUT2D eigenvalue weighted by Gasteiger charge is -2.17. The van der Waals surface area contributed by atoms with Gasteiger partial charge in [0, 0.05) is 10.0 Å². The Labute approximate surface area is 245 Å². The van der Waals surface area contributed by atoms with Gasteiger partial charge in [0.15, 0.2) is 16.7 Å². The molecule has 0 N–H and O–H groups in total. The largest absolute Gasteiger partial charge is 0.490 e. The molecule has 0 aliphatic carbocycles. The highest BCUT2D eigenvalue weighted by molar-refractivity contribution is 14.1. The number of rotatable bonds is 7. The molecule has 1 amide bonds. The number of thioether (sulfide) groups is 1. The standard InChI is InChI=1S/C28H25Cl2IN2O3S/c1-5-35-24-12-18(11-23(31)26(24)36-6-2)13-25-27(34)33(20-10-8-17(4)22(30)15-20)28(37-25)32-19-9-7-16(3)21(29)14-19/h7-15H,5-6H2,1-4H3/b25-13+,32-28?. The van der Waals surface area contributed by atoms with Gasteiger partial charge in [-0.3, -0.25) is 9.69 Å². The van der Waals surface area contributed by atoms with Crippen LogP contribution >= 0.6 is 57.6 Å².